The summed E-state index contributed by atoms with van der Waals surface area (Å²) in [6, 6.07) is 18.6. The van der Waals surface area contributed by atoms with Crippen molar-refractivity contribution in [1.82, 2.24) is 9.80 Å². The predicted octanol–water partition coefficient (Wildman–Crippen LogP) is 3.25. The summed E-state index contributed by atoms with van der Waals surface area (Å²) >= 11 is 0. The third-order valence-corrected chi connectivity index (χ3v) is 7.05. The van der Waals surface area contributed by atoms with Crippen LogP contribution in [0.2, 0.25) is 0 Å². The summed E-state index contributed by atoms with van der Waals surface area (Å²) in [7, 11) is 0. The van der Waals surface area contributed by atoms with Crippen LogP contribution in [0.25, 0.3) is 0 Å². The second-order valence-corrected chi connectivity index (χ2v) is 9.00. The lowest BCUT2D eigenvalue weighted by Gasteiger charge is -2.42. The topological polar surface area (TPSA) is 70.1 Å². The number of aliphatic hydroxyl groups excluding tert-OH is 1. The molecule has 6 heteroatoms. The molecule has 6 nitrogen and oxygen atoms in total. The molecule has 0 unspecified atom stereocenters. The van der Waals surface area contributed by atoms with Gasteiger partial charge in [0.25, 0.3) is 5.91 Å². The molecule has 1 saturated carbocycles. The van der Waals surface area contributed by atoms with E-state index in [-0.39, 0.29) is 24.6 Å². The zero-order valence-corrected chi connectivity index (χ0v) is 17.5. The predicted molar refractivity (Wildman–Crippen MR) is 116 cm³/mol. The Morgan fingerprint density at radius 3 is 2.32 bits per heavy atom. The zero-order valence-electron chi connectivity index (χ0n) is 17.5. The van der Waals surface area contributed by atoms with Crippen LogP contribution < -0.4 is 0 Å². The third kappa shape index (κ3) is 3.69. The van der Waals surface area contributed by atoms with Crippen LogP contribution in [0.3, 0.4) is 0 Å². The molecule has 31 heavy (non-hydrogen) atoms. The maximum atomic E-state index is 13.2. The van der Waals surface area contributed by atoms with Crippen LogP contribution in [0.5, 0.6) is 0 Å². The first-order chi connectivity index (χ1) is 15.1. The van der Waals surface area contributed by atoms with Crippen molar-refractivity contribution < 1.29 is 19.4 Å². The van der Waals surface area contributed by atoms with Gasteiger partial charge >= 0.3 is 6.09 Å². The van der Waals surface area contributed by atoms with Gasteiger partial charge in [0, 0.05) is 25.1 Å². The standard InChI is InChI=1S/C25H28N2O4/c28-21-17-27(23(29)19-10-5-2-6-11-19)20-12-15-26(22(20)21)24(30)31-25(13-7-14-25)16-18-8-3-1-4-9-18/h1-6,8-11,20-22,28H,7,12-17H2/t20-,21+,22+/m1/s1. The molecule has 0 spiro atoms. The van der Waals surface area contributed by atoms with E-state index >= 15 is 0 Å². The third-order valence-electron chi connectivity index (χ3n) is 7.05. The Morgan fingerprint density at radius 1 is 1.00 bits per heavy atom. The number of aliphatic hydroxyl groups is 1. The average Bonchev–Trinajstić information content (AvgIpc) is 3.34. The first-order valence-electron chi connectivity index (χ1n) is 11.1. The molecule has 3 fully saturated rings. The highest BCUT2D eigenvalue weighted by molar-refractivity contribution is 5.94. The van der Waals surface area contributed by atoms with Gasteiger partial charge < -0.3 is 19.6 Å². The van der Waals surface area contributed by atoms with Crippen molar-refractivity contribution in [2.75, 3.05) is 13.1 Å². The summed E-state index contributed by atoms with van der Waals surface area (Å²) < 4.78 is 6.07. The molecule has 1 N–H and O–H groups in total. The average molecular weight is 421 g/mol. The van der Waals surface area contributed by atoms with Gasteiger partial charge in [-0.25, -0.2) is 4.79 Å². The molecular formula is C25H28N2O4. The first-order valence-corrected chi connectivity index (χ1v) is 11.1. The number of carbonyl (C=O) groups excluding carboxylic acids is 2. The van der Waals surface area contributed by atoms with Crippen molar-refractivity contribution in [2.45, 2.75) is 55.9 Å². The number of carbonyl (C=O) groups is 2. The largest absolute Gasteiger partial charge is 0.442 e. The van der Waals surface area contributed by atoms with Crippen molar-refractivity contribution in [3.8, 4) is 0 Å². The van der Waals surface area contributed by atoms with Gasteiger partial charge in [-0.3, -0.25) is 4.79 Å². The van der Waals surface area contributed by atoms with E-state index in [0.29, 0.717) is 24.9 Å². The number of rotatable bonds is 4. The van der Waals surface area contributed by atoms with Gasteiger partial charge in [-0.15, -0.1) is 0 Å². The minimum atomic E-state index is -0.765. The Labute approximate surface area is 182 Å². The van der Waals surface area contributed by atoms with Gasteiger partial charge in [-0.2, -0.15) is 0 Å². The second kappa shape index (κ2) is 8.00. The summed E-state index contributed by atoms with van der Waals surface area (Å²) in [5.41, 5.74) is 1.31. The second-order valence-electron chi connectivity index (χ2n) is 9.00. The fraction of sp³-hybridized carbons (Fsp3) is 0.440. The van der Waals surface area contributed by atoms with E-state index < -0.39 is 17.7 Å². The lowest BCUT2D eigenvalue weighted by molar-refractivity contribution is -0.0655. The highest BCUT2D eigenvalue weighted by atomic mass is 16.6. The Morgan fingerprint density at radius 2 is 1.68 bits per heavy atom. The van der Waals surface area contributed by atoms with E-state index in [2.05, 4.69) is 12.1 Å². The quantitative estimate of drug-likeness (QED) is 0.824. The van der Waals surface area contributed by atoms with Crippen LogP contribution in [0.1, 0.15) is 41.6 Å². The number of benzene rings is 2. The fourth-order valence-electron chi connectivity index (χ4n) is 5.34. The molecule has 2 aromatic rings. The zero-order chi connectivity index (χ0) is 21.4. The number of β-amino-alcohol motifs (C(OH)–C–C–N with tert-alkyl or cyclic N) is 1. The van der Waals surface area contributed by atoms with Crippen LogP contribution in [-0.2, 0) is 11.2 Å². The molecule has 3 atom stereocenters. The van der Waals surface area contributed by atoms with Crippen LogP contribution in [0, 0.1) is 0 Å². The van der Waals surface area contributed by atoms with Crippen LogP contribution >= 0.6 is 0 Å². The molecule has 3 aliphatic rings. The lowest BCUT2D eigenvalue weighted by Crippen LogP contribution is -2.51. The van der Waals surface area contributed by atoms with E-state index in [1.165, 1.54) is 0 Å². The van der Waals surface area contributed by atoms with E-state index in [0.717, 1.165) is 24.8 Å². The number of ether oxygens (including phenoxy) is 1. The van der Waals surface area contributed by atoms with Crippen molar-refractivity contribution in [1.29, 1.82) is 0 Å². The van der Waals surface area contributed by atoms with Crippen LogP contribution in [0.4, 0.5) is 4.79 Å². The molecule has 0 radical (unpaired) electrons. The van der Waals surface area contributed by atoms with E-state index in [1.54, 1.807) is 21.9 Å². The van der Waals surface area contributed by atoms with E-state index in [9.17, 15) is 14.7 Å². The van der Waals surface area contributed by atoms with Crippen molar-refractivity contribution >= 4 is 12.0 Å². The summed E-state index contributed by atoms with van der Waals surface area (Å²) in [5.74, 6) is -0.0955. The summed E-state index contributed by atoms with van der Waals surface area (Å²) in [6.07, 6.45) is 3.00. The molecule has 2 aromatic carbocycles. The first kappa shape index (κ1) is 20.1. The van der Waals surface area contributed by atoms with Gasteiger partial charge in [0.15, 0.2) is 0 Å². The monoisotopic (exact) mass is 420 g/mol. The van der Waals surface area contributed by atoms with Crippen LogP contribution in [-0.4, -0.2) is 63.8 Å². The molecular weight excluding hydrogens is 392 g/mol. The summed E-state index contributed by atoms with van der Waals surface area (Å²) in [6.45, 7) is 0.729. The van der Waals surface area contributed by atoms with Gasteiger partial charge in [0.05, 0.1) is 18.2 Å². The molecule has 2 amide bonds. The molecule has 2 heterocycles. The molecule has 5 rings (SSSR count). The minimum Gasteiger partial charge on any atom is -0.442 e. The Balaban J connectivity index is 1.28. The van der Waals surface area contributed by atoms with Gasteiger partial charge in [0.2, 0.25) is 0 Å². The molecule has 2 aliphatic heterocycles. The fourth-order valence-corrected chi connectivity index (χ4v) is 5.34. The molecule has 1 aliphatic carbocycles. The van der Waals surface area contributed by atoms with E-state index in [4.69, 9.17) is 4.74 Å². The normalized spacial score (nSPS) is 26.3. The molecule has 2 saturated heterocycles. The number of hydrogen-bond donors (Lipinski definition) is 1. The smallest absolute Gasteiger partial charge is 0.410 e. The number of fused-ring (bicyclic) bond motifs is 1. The molecule has 0 aromatic heterocycles. The van der Waals surface area contributed by atoms with Crippen molar-refractivity contribution in [3.63, 3.8) is 0 Å². The Kier molecular flexibility index (Phi) is 5.18. The lowest BCUT2D eigenvalue weighted by atomic mass is 9.76. The van der Waals surface area contributed by atoms with Gasteiger partial charge in [-0.05, 0) is 43.4 Å². The van der Waals surface area contributed by atoms with Gasteiger partial charge in [0.1, 0.15) is 5.60 Å². The SMILES string of the molecule is O=C(OC1(Cc2ccccc2)CCC1)N1CC[C@@H]2[C@H]1[C@@H](O)CN2C(=O)c1ccccc1. The maximum absolute atomic E-state index is 13.2. The Bertz CT molecular complexity index is 945. The highest BCUT2D eigenvalue weighted by Crippen LogP contribution is 2.41. The number of amides is 2. The highest BCUT2D eigenvalue weighted by Gasteiger charge is 2.53. The van der Waals surface area contributed by atoms with Crippen molar-refractivity contribution in [3.05, 3.63) is 71.8 Å². The molecule has 0 bridgehead atoms. The summed E-state index contributed by atoms with van der Waals surface area (Å²) in [5, 5.41) is 10.7. The van der Waals surface area contributed by atoms with Crippen LogP contribution in [0.15, 0.2) is 60.7 Å². The van der Waals surface area contributed by atoms with Gasteiger partial charge in [-0.1, -0.05) is 48.5 Å². The maximum Gasteiger partial charge on any atom is 0.410 e. The van der Waals surface area contributed by atoms with E-state index in [1.807, 2.05) is 36.4 Å². The number of nitrogens with zero attached hydrogens (tertiary/aromatic N) is 2. The number of hydrogen-bond acceptors (Lipinski definition) is 4. The molecule has 162 valence electrons. The minimum absolute atomic E-state index is 0.0955. The van der Waals surface area contributed by atoms with Crippen molar-refractivity contribution in [2.24, 2.45) is 0 Å². The Hall–Kier alpha value is -2.86. The summed E-state index contributed by atoms with van der Waals surface area (Å²) in [4.78, 5) is 29.5. The number of likely N-dealkylation sites (tertiary alicyclic amines) is 2.